The van der Waals surface area contributed by atoms with Crippen LogP contribution in [0.25, 0.3) is 0 Å². The molecule has 0 spiro atoms. The van der Waals surface area contributed by atoms with Gasteiger partial charge in [0.1, 0.15) is 19.3 Å². The maximum absolute atomic E-state index is 11.8. The molecular formula is C19H32N3O7+. The van der Waals surface area contributed by atoms with Gasteiger partial charge in [-0.25, -0.2) is 0 Å². The van der Waals surface area contributed by atoms with Crippen LogP contribution in [0, 0.1) is 10.1 Å². The van der Waals surface area contributed by atoms with Gasteiger partial charge in [-0.05, 0) is 25.0 Å². The molecule has 0 saturated carbocycles. The molecule has 29 heavy (non-hydrogen) atoms. The van der Waals surface area contributed by atoms with E-state index in [2.05, 4.69) is 10.2 Å². The van der Waals surface area contributed by atoms with Gasteiger partial charge in [-0.1, -0.05) is 12.1 Å². The van der Waals surface area contributed by atoms with Gasteiger partial charge in [-0.2, -0.15) is 0 Å². The molecule has 1 amide bonds. The zero-order valence-electron chi connectivity index (χ0n) is 17.3. The molecule has 0 radical (unpaired) electrons. The number of quaternary nitrogens is 1. The minimum atomic E-state index is -0.837. The van der Waals surface area contributed by atoms with Crippen molar-refractivity contribution < 1.29 is 33.8 Å². The highest BCUT2D eigenvalue weighted by atomic mass is 16.9. The quantitative estimate of drug-likeness (QED) is 0.190. The number of amides is 1. The Morgan fingerprint density at radius 1 is 1.28 bits per heavy atom. The fraction of sp³-hybridized carbons (Fsp3) is 0.632. The van der Waals surface area contributed by atoms with Gasteiger partial charge in [0.15, 0.2) is 11.5 Å². The van der Waals surface area contributed by atoms with E-state index in [9.17, 15) is 20.0 Å². The number of methoxy groups -OCH3 is 1. The molecule has 0 heterocycles. The van der Waals surface area contributed by atoms with E-state index < -0.39 is 11.2 Å². The molecule has 0 aliphatic heterocycles. The molecule has 10 nitrogen and oxygen atoms in total. The Morgan fingerprint density at radius 3 is 2.62 bits per heavy atom. The number of carbonyl (C=O) groups is 1. The van der Waals surface area contributed by atoms with E-state index in [-0.39, 0.29) is 19.1 Å². The van der Waals surface area contributed by atoms with Crippen molar-refractivity contribution in [1.82, 2.24) is 5.32 Å². The highest BCUT2D eigenvalue weighted by Gasteiger charge is 2.21. The third kappa shape index (κ3) is 11.1. The molecule has 1 aromatic carbocycles. The smallest absolute Gasteiger partial charge is 0.294 e. The Balaban J connectivity index is 2.23. The zero-order valence-corrected chi connectivity index (χ0v) is 17.3. The maximum Gasteiger partial charge on any atom is 0.294 e. The van der Waals surface area contributed by atoms with Gasteiger partial charge in [0.2, 0.25) is 5.91 Å². The largest absolute Gasteiger partial charge is 0.493 e. The number of likely N-dealkylation sites (N-methyl/N-ethyl adjacent to an activating group) is 1. The monoisotopic (exact) mass is 414 g/mol. The van der Waals surface area contributed by atoms with Crippen molar-refractivity contribution in [2.75, 3.05) is 54.1 Å². The average molecular weight is 414 g/mol. The van der Waals surface area contributed by atoms with Crippen LogP contribution in [0.3, 0.4) is 0 Å². The third-order valence-corrected chi connectivity index (χ3v) is 4.24. The lowest BCUT2D eigenvalue weighted by Crippen LogP contribution is -2.50. The van der Waals surface area contributed by atoms with Crippen LogP contribution in [0.4, 0.5) is 0 Å². The second-order valence-electron chi connectivity index (χ2n) is 7.32. The second kappa shape index (κ2) is 12.8. The van der Waals surface area contributed by atoms with Crippen LogP contribution in [-0.2, 0) is 9.63 Å². The number of aliphatic hydroxyl groups excluding tert-OH is 1. The molecular weight excluding hydrogens is 382 g/mol. The lowest BCUT2D eigenvalue weighted by molar-refractivity contribution is -0.892. The normalized spacial score (nSPS) is 12.1. The molecule has 0 bridgehead atoms. The fourth-order valence-electron chi connectivity index (χ4n) is 2.75. The molecule has 0 fully saturated rings. The number of unbranched alkanes of at least 4 members (excludes halogenated alkanes) is 1. The molecule has 10 heteroatoms. The molecule has 0 aromatic heterocycles. The highest BCUT2D eigenvalue weighted by Crippen LogP contribution is 2.25. The molecule has 1 atom stereocenters. The number of nitrogens with one attached hydrogen (secondary N) is 1. The van der Waals surface area contributed by atoms with E-state index in [0.29, 0.717) is 54.9 Å². The predicted octanol–water partition coefficient (Wildman–Crippen LogP) is 1.01. The fourth-order valence-corrected chi connectivity index (χ4v) is 2.75. The lowest BCUT2D eigenvalue weighted by Gasteiger charge is -2.31. The van der Waals surface area contributed by atoms with E-state index in [1.807, 2.05) is 26.2 Å². The molecule has 1 rings (SSSR count). The van der Waals surface area contributed by atoms with Crippen LogP contribution >= 0.6 is 0 Å². The Bertz CT molecular complexity index is 640. The van der Waals surface area contributed by atoms with Crippen molar-refractivity contribution in [3.8, 4) is 11.5 Å². The van der Waals surface area contributed by atoms with Crippen LogP contribution in [0.5, 0.6) is 11.5 Å². The molecule has 1 aromatic rings. The Hall–Kier alpha value is -2.59. The van der Waals surface area contributed by atoms with Gasteiger partial charge in [-0.3, -0.25) is 4.79 Å². The van der Waals surface area contributed by atoms with Crippen molar-refractivity contribution in [3.05, 3.63) is 34.4 Å². The Kier molecular flexibility index (Phi) is 10.8. The standard InChI is InChI=1S/C19H31N3O7/c1-22(2,12-11-20-19(24)10-6-7-13-29-21(25)26)14-16(23)15-28-18-9-5-4-8-17(18)27-3/h4-5,8-9,16,23H,6-7,10-15H2,1-3H3/p+1. The van der Waals surface area contributed by atoms with E-state index in [1.54, 1.807) is 19.2 Å². The Morgan fingerprint density at radius 2 is 1.97 bits per heavy atom. The number of carbonyl (C=O) groups excluding carboxylic acids is 1. The Labute approximate surface area is 171 Å². The summed E-state index contributed by atoms with van der Waals surface area (Å²) in [6.45, 7) is 1.71. The first kappa shape index (κ1) is 24.4. The van der Waals surface area contributed by atoms with Gasteiger partial charge in [0.05, 0.1) is 40.9 Å². The number of hydrogen-bond donors (Lipinski definition) is 2. The topological polar surface area (TPSA) is 120 Å². The summed E-state index contributed by atoms with van der Waals surface area (Å²) in [5.41, 5.74) is 0. The van der Waals surface area contributed by atoms with Gasteiger partial charge >= 0.3 is 0 Å². The average Bonchev–Trinajstić information content (AvgIpc) is 2.65. The number of aliphatic hydroxyl groups is 1. The molecule has 0 aliphatic carbocycles. The summed E-state index contributed by atoms with van der Waals surface area (Å²) in [6, 6.07) is 7.25. The summed E-state index contributed by atoms with van der Waals surface area (Å²) < 4.78 is 11.4. The minimum Gasteiger partial charge on any atom is -0.493 e. The van der Waals surface area contributed by atoms with Crippen LogP contribution in [0.1, 0.15) is 19.3 Å². The van der Waals surface area contributed by atoms with Crippen LogP contribution in [0.15, 0.2) is 24.3 Å². The molecule has 1 unspecified atom stereocenters. The van der Waals surface area contributed by atoms with E-state index >= 15 is 0 Å². The number of rotatable bonds is 15. The minimum absolute atomic E-state index is 0.000977. The van der Waals surface area contributed by atoms with Crippen molar-refractivity contribution in [2.45, 2.75) is 25.4 Å². The predicted molar refractivity (Wildman–Crippen MR) is 106 cm³/mol. The van der Waals surface area contributed by atoms with Gasteiger partial charge in [-0.15, -0.1) is 10.1 Å². The van der Waals surface area contributed by atoms with E-state index in [1.165, 1.54) is 0 Å². The number of nitrogens with zero attached hydrogens (tertiary/aromatic N) is 2. The molecule has 0 aliphatic rings. The SMILES string of the molecule is COc1ccccc1OCC(O)C[N+](C)(C)CCNC(=O)CCCCO[N+](=O)[O-]. The first-order chi connectivity index (χ1) is 13.7. The molecule has 2 N–H and O–H groups in total. The van der Waals surface area contributed by atoms with Crippen molar-refractivity contribution in [1.29, 1.82) is 0 Å². The summed E-state index contributed by atoms with van der Waals surface area (Å²) >= 11 is 0. The molecule has 164 valence electrons. The van der Waals surface area contributed by atoms with E-state index in [0.717, 1.165) is 0 Å². The maximum atomic E-state index is 11.8. The third-order valence-electron chi connectivity index (χ3n) is 4.24. The number of para-hydroxylation sites is 2. The number of ether oxygens (including phenoxy) is 2. The highest BCUT2D eigenvalue weighted by molar-refractivity contribution is 5.75. The zero-order chi connectivity index (χ0) is 21.7. The summed E-state index contributed by atoms with van der Waals surface area (Å²) in [6.07, 6.45) is 0.599. The van der Waals surface area contributed by atoms with Crippen molar-refractivity contribution in [2.24, 2.45) is 0 Å². The second-order valence-corrected chi connectivity index (χ2v) is 7.32. The lowest BCUT2D eigenvalue weighted by atomic mass is 10.2. The first-order valence-corrected chi connectivity index (χ1v) is 9.53. The van der Waals surface area contributed by atoms with Gasteiger partial charge in [0, 0.05) is 6.42 Å². The van der Waals surface area contributed by atoms with Crippen LogP contribution in [-0.4, -0.2) is 80.7 Å². The summed E-state index contributed by atoms with van der Waals surface area (Å²) in [4.78, 5) is 26.0. The van der Waals surface area contributed by atoms with E-state index in [4.69, 9.17) is 9.47 Å². The first-order valence-electron chi connectivity index (χ1n) is 9.53. The van der Waals surface area contributed by atoms with Crippen molar-refractivity contribution in [3.63, 3.8) is 0 Å². The van der Waals surface area contributed by atoms with Crippen molar-refractivity contribution >= 4 is 5.91 Å². The van der Waals surface area contributed by atoms with Gasteiger partial charge < -0.3 is 29.2 Å². The summed E-state index contributed by atoms with van der Waals surface area (Å²) in [7, 11) is 5.49. The van der Waals surface area contributed by atoms with Crippen LogP contribution in [0.2, 0.25) is 0 Å². The summed E-state index contributed by atoms with van der Waals surface area (Å²) in [5, 5.41) is 22.3. The van der Waals surface area contributed by atoms with Crippen LogP contribution < -0.4 is 14.8 Å². The number of benzene rings is 1. The summed E-state index contributed by atoms with van der Waals surface area (Å²) in [5.74, 6) is 1.09. The van der Waals surface area contributed by atoms with Gasteiger partial charge in [0.25, 0.3) is 5.09 Å². The molecule has 0 saturated heterocycles. The number of hydrogen-bond acceptors (Lipinski definition) is 7.